The Kier molecular flexibility index (Phi) is 6.87. The third-order valence-electron chi connectivity index (χ3n) is 3.65. The molecule has 28 heavy (non-hydrogen) atoms. The van der Waals surface area contributed by atoms with Gasteiger partial charge in [-0.3, -0.25) is 4.79 Å². The molecule has 0 saturated heterocycles. The summed E-state index contributed by atoms with van der Waals surface area (Å²) in [6, 6.07) is 10.3. The van der Waals surface area contributed by atoms with Crippen molar-refractivity contribution < 1.29 is 27.5 Å². The van der Waals surface area contributed by atoms with E-state index in [1.807, 2.05) is 6.92 Å². The first-order valence-corrected chi connectivity index (χ1v) is 9.93. The number of aryl methyl sites for hydroxylation is 1. The Balaban J connectivity index is 2.03. The first-order valence-electron chi connectivity index (χ1n) is 8.07. The van der Waals surface area contributed by atoms with E-state index in [4.69, 9.17) is 16.3 Å². The Bertz CT molecular complexity index is 976. The SMILES string of the molecule is COC(=O)NS(=O)(=O)c1ccc(NC(=O)[C@H](C)Oc2ccc(Cl)cc2C)cc1. The zero-order chi connectivity index (χ0) is 20.9. The van der Waals surface area contributed by atoms with Gasteiger partial charge < -0.3 is 14.8 Å². The number of rotatable bonds is 6. The molecule has 0 aromatic heterocycles. The van der Waals surface area contributed by atoms with Gasteiger partial charge in [-0.1, -0.05) is 11.6 Å². The van der Waals surface area contributed by atoms with Crippen LogP contribution >= 0.6 is 11.6 Å². The second kappa shape index (κ2) is 8.94. The molecular formula is C18H19ClN2O6S. The van der Waals surface area contributed by atoms with Crippen LogP contribution in [0.15, 0.2) is 47.4 Å². The lowest BCUT2D eigenvalue weighted by Gasteiger charge is -2.16. The van der Waals surface area contributed by atoms with Crippen LogP contribution in [0, 0.1) is 6.92 Å². The first kappa shape index (κ1) is 21.5. The van der Waals surface area contributed by atoms with Crippen molar-refractivity contribution in [2.75, 3.05) is 12.4 Å². The maximum atomic E-state index is 12.3. The number of carbonyl (C=O) groups is 2. The molecule has 2 aromatic rings. The van der Waals surface area contributed by atoms with E-state index in [9.17, 15) is 18.0 Å². The number of sulfonamides is 1. The van der Waals surface area contributed by atoms with Gasteiger partial charge in [0.15, 0.2) is 6.10 Å². The Labute approximate surface area is 167 Å². The van der Waals surface area contributed by atoms with Gasteiger partial charge in [0.1, 0.15) is 5.75 Å². The fraction of sp³-hybridized carbons (Fsp3) is 0.222. The standard InChI is InChI=1S/C18H19ClN2O6S/c1-11-10-13(19)4-9-16(11)27-12(2)17(22)20-14-5-7-15(8-6-14)28(24,25)21-18(23)26-3/h4-10,12H,1-3H3,(H,20,22)(H,21,23)/t12-/m0/s1. The van der Waals surface area contributed by atoms with Crippen molar-refractivity contribution in [2.24, 2.45) is 0 Å². The maximum Gasteiger partial charge on any atom is 0.420 e. The van der Waals surface area contributed by atoms with Crippen molar-refractivity contribution >= 4 is 39.3 Å². The molecule has 0 aliphatic rings. The highest BCUT2D eigenvalue weighted by Crippen LogP contribution is 2.23. The second-order valence-corrected chi connectivity index (χ2v) is 7.90. The number of nitrogens with one attached hydrogen (secondary N) is 2. The van der Waals surface area contributed by atoms with Crippen LogP contribution in [-0.2, 0) is 19.6 Å². The molecule has 0 radical (unpaired) electrons. The summed E-state index contributed by atoms with van der Waals surface area (Å²) in [7, 11) is -3.00. The van der Waals surface area contributed by atoms with Crippen LogP contribution in [0.3, 0.4) is 0 Å². The van der Waals surface area contributed by atoms with Crippen molar-refractivity contribution in [3.8, 4) is 5.75 Å². The first-order chi connectivity index (χ1) is 13.1. The molecule has 8 nitrogen and oxygen atoms in total. The highest BCUT2D eigenvalue weighted by Gasteiger charge is 2.19. The second-order valence-electron chi connectivity index (χ2n) is 5.78. The van der Waals surface area contributed by atoms with E-state index in [-0.39, 0.29) is 4.90 Å². The summed E-state index contributed by atoms with van der Waals surface area (Å²) in [5.41, 5.74) is 1.16. The normalized spacial score (nSPS) is 12.0. The molecule has 1 atom stereocenters. The van der Waals surface area contributed by atoms with Gasteiger partial charge in [0, 0.05) is 10.7 Å². The van der Waals surface area contributed by atoms with Gasteiger partial charge >= 0.3 is 6.09 Å². The number of halogens is 1. The van der Waals surface area contributed by atoms with Gasteiger partial charge in [-0.05, 0) is 61.9 Å². The summed E-state index contributed by atoms with van der Waals surface area (Å²) in [6.45, 7) is 3.40. The summed E-state index contributed by atoms with van der Waals surface area (Å²) in [4.78, 5) is 23.2. The Morgan fingerprint density at radius 3 is 2.32 bits per heavy atom. The maximum absolute atomic E-state index is 12.3. The van der Waals surface area contributed by atoms with Gasteiger partial charge in [-0.15, -0.1) is 0 Å². The number of benzene rings is 2. The average Bonchev–Trinajstić information content (AvgIpc) is 2.63. The molecule has 0 fully saturated rings. The fourth-order valence-corrected chi connectivity index (χ4v) is 3.30. The molecule has 2 rings (SSSR count). The van der Waals surface area contributed by atoms with E-state index >= 15 is 0 Å². The lowest BCUT2D eigenvalue weighted by Crippen LogP contribution is -2.31. The van der Waals surface area contributed by atoms with E-state index in [0.29, 0.717) is 16.5 Å². The smallest absolute Gasteiger partial charge is 0.420 e. The summed E-state index contributed by atoms with van der Waals surface area (Å²) >= 11 is 5.90. The van der Waals surface area contributed by atoms with Crippen molar-refractivity contribution in [2.45, 2.75) is 24.8 Å². The van der Waals surface area contributed by atoms with Crippen LogP contribution in [0.4, 0.5) is 10.5 Å². The lowest BCUT2D eigenvalue weighted by molar-refractivity contribution is -0.122. The van der Waals surface area contributed by atoms with Crippen LogP contribution < -0.4 is 14.8 Å². The van der Waals surface area contributed by atoms with Gasteiger partial charge in [-0.25, -0.2) is 17.9 Å². The van der Waals surface area contributed by atoms with Gasteiger partial charge in [0.25, 0.3) is 15.9 Å². The van der Waals surface area contributed by atoms with E-state index in [2.05, 4.69) is 10.1 Å². The summed E-state index contributed by atoms with van der Waals surface area (Å²) in [5.74, 6) is 0.111. The monoisotopic (exact) mass is 426 g/mol. The molecule has 0 unspecified atom stereocenters. The number of amides is 2. The molecule has 0 saturated carbocycles. The van der Waals surface area contributed by atoms with Crippen LogP contribution in [0.1, 0.15) is 12.5 Å². The van der Waals surface area contributed by atoms with Crippen molar-refractivity contribution in [1.29, 1.82) is 0 Å². The minimum atomic E-state index is -4.05. The summed E-state index contributed by atoms with van der Waals surface area (Å²) in [5, 5.41) is 3.19. The van der Waals surface area contributed by atoms with Gasteiger partial charge in [0.2, 0.25) is 0 Å². The number of hydrogen-bond donors (Lipinski definition) is 2. The number of methoxy groups -OCH3 is 1. The molecule has 0 aliphatic carbocycles. The largest absolute Gasteiger partial charge is 0.481 e. The Morgan fingerprint density at radius 2 is 1.75 bits per heavy atom. The van der Waals surface area contributed by atoms with Crippen LogP contribution in [0.5, 0.6) is 5.75 Å². The number of anilines is 1. The van der Waals surface area contributed by atoms with E-state index in [1.54, 1.807) is 29.8 Å². The predicted molar refractivity (Wildman–Crippen MR) is 104 cm³/mol. The zero-order valence-corrected chi connectivity index (χ0v) is 16.9. The molecule has 150 valence electrons. The van der Waals surface area contributed by atoms with Gasteiger partial charge in [-0.2, -0.15) is 0 Å². The number of ether oxygens (including phenoxy) is 2. The topological polar surface area (TPSA) is 111 Å². The molecule has 0 heterocycles. The Morgan fingerprint density at radius 1 is 1.11 bits per heavy atom. The molecule has 2 N–H and O–H groups in total. The highest BCUT2D eigenvalue weighted by molar-refractivity contribution is 7.90. The molecule has 0 bridgehead atoms. The zero-order valence-electron chi connectivity index (χ0n) is 15.4. The molecule has 10 heteroatoms. The predicted octanol–water partition coefficient (Wildman–Crippen LogP) is 3.10. The fourth-order valence-electron chi connectivity index (χ4n) is 2.16. The van der Waals surface area contributed by atoms with Crippen molar-refractivity contribution in [3.05, 3.63) is 53.1 Å². The average molecular weight is 427 g/mol. The van der Waals surface area contributed by atoms with E-state index < -0.39 is 28.1 Å². The quantitative estimate of drug-likeness (QED) is 0.734. The number of carbonyl (C=O) groups excluding carboxylic acids is 2. The minimum Gasteiger partial charge on any atom is -0.481 e. The van der Waals surface area contributed by atoms with Crippen LogP contribution in [0.25, 0.3) is 0 Å². The highest BCUT2D eigenvalue weighted by atomic mass is 35.5. The summed E-state index contributed by atoms with van der Waals surface area (Å²) < 4.78 is 35.6. The summed E-state index contributed by atoms with van der Waals surface area (Å²) in [6.07, 6.45) is -1.90. The molecule has 2 amide bonds. The van der Waals surface area contributed by atoms with Gasteiger partial charge in [0.05, 0.1) is 12.0 Å². The molecule has 2 aromatic carbocycles. The van der Waals surface area contributed by atoms with E-state index in [0.717, 1.165) is 12.7 Å². The Hall–Kier alpha value is -2.78. The third-order valence-corrected chi connectivity index (χ3v) is 5.21. The molecule has 0 aliphatic heterocycles. The molecular weight excluding hydrogens is 408 g/mol. The van der Waals surface area contributed by atoms with Crippen LogP contribution in [-0.4, -0.2) is 33.6 Å². The lowest BCUT2D eigenvalue weighted by atomic mass is 10.2. The number of hydrogen-bond acceptors (Lipinski definition) is 6. The van der Waals surface area contributed by atoms with E-state index in [1.165, 1.54) is 24.3 Å². The minimum absolute atomic E-state index is 0.156. The van der Waals surface area contributed by atoms with Crippen LogP contribution in [0.2, 0.25) is 5.02 Å². The van der Waals surface area contributed by atoms with Crippen molar-refractivity contribution in [3.63, 3.8) is 0 Å². The third kappa shape index (κ3) is 5.61. The van der Waals surface area contributed by atoms with Crippen molar-refractivity contribution in [1.82, 2.24) is 4.72 Å². The molecule has 0 spiro atoms.